The minimum absolute atomic E-state index is 0.0490. The third-order valence-electron chi connectivity index (χ3n) is 7.54. The Balaban J connectivity index is 1.18. The van der Waals surface area contributed by atoms with Crippen LogP contribution in [0.2, 0.25) is 0 Å². The van der Waals surface area contributed by atoms with E-state index in [4.69, 9.17) is 0 Å². The van der Waals surface area contributed by atoms with Crippen LogP contribution in [0.1, 0.15) is 53.9 Å². The van der Waals surface area contributed by atoms with Gasteiger partial charge in [0.25, 0.3) is 5.91 Å². The summed E-state index contributed by atoms with van der Waals surface area (Å²) in [6, 6.07) is 13.0. The Bertz CT molecular complexity index is 1440. The van der Waals surface area contributed by atoms with Crippen molar-refractivity contribution < 1.29 is 19.5 Å². The zero-order valence-corrected chi connectivity index (χ0v) is 25.2. The van der Waals surface area contributed by atoms with Gasteiger partial charge in [0.05, 0.1) is 27.7 Å². The van der Waals surface area contributed by atoms with Gasteiger partial charge in [0, 0.05) is 43.5 Å². The number of aliphatic hydroxyl groups is 1. The summed E-state index contributed by atoms with van der Waals surface area (Å²) in [7, 11) is 0. The van der Waals surface area contributed by atoms with E-state index in [1.54, 1.807) is 16.2 Å². The number of aliphatic hydroxyl groups excluding tert-OH is 1. The van der Waals surface area contributed by atoms with E-state index < -0.39 is 17.6 Å². The Kier molecular flexibility index (Phi) is 8.13. The van der Waals surface area contributed by atoms with Gasteiger partial charge < -0.3 is 20.2 Å². The molecular weight excluding hydrogens is 592 g/mol. The van der Waals surface area contributed by atoms with Crippen LogP contribution in [0, 0.1) is 12.3 Å². The lowest BCUT2D eigenvalue weighted by Gasteiger charge is -2.32. The van der Waals surface area contributed by atoms with E-state index in [0.717, 1.165) is 31.7 Å². The van der Waals surface area contributed by atoms with Crippen molar-refractivity contribution >= 4 is 45.0 Å². The fraction of sp³-hybridized carbons (Fsp3) is 0.400. The van der Waals surface area contributed by atoms with Gasteiger partial charge in [0.15, 0.2) is 0 Å². The molecule has 1 fully saturated rings. The molecule has 40 heavy (non-hydrogen) atoms. The number of aryl methyl sites for hydroxylation is 1. The van der Waals surface area contributed by atoms with Crippen LogP contribution in [0.5, 0.6) is 0 Å². The summed E-state index contributed by atoms with van der Waals surface area (Å²) in [6.07, 6.45) is -0.393. The van der Waals surface area contributed by atoms with Crippen LogP contribution in [-0.4, -0.2) is 62.8 Å². The highest BCUT2D eigenvalue weighted by molar-refractivity contribution is 9.10. The molecule has 2 aliphatic rings. The number of likely N-dealkylation sites (tertiary alicyclic amines) is 1. The molecule has 0 spiro atoms. The molecule has 10 heteroatoms. The first-order valence-corrected chi connectivity index (χ1v) is 15.0. The molecule has 2 N–H and O–H groups in total. The van der Waals surface area contributed by atoms with E-state index in [9.17, 15) is 19.5 Å². The summed E-state index contributed by atoms with van der Waals surface area (Å²) >= 11 is 5.07. The van der Waals surface area contributed by atoms with E-state index in [1.165, 1.54) is 4.90 Å². The highest BCUT2D eigenvalue weighted by Gasteiger charge is 2.41. The van der Waals surface area contributed by atoms with Gasteiger partial charge in [-0.1, -0.05) is 50.2 Å². The highest BCUT2D eigenvalue weighted by atomic mass is 79.9. The topological polar surface area (TPSA) is 103 Å². The monoisotopic (exact) mass is 624 g/mol. The van der Waals surface area contributed by atoms with Crippen LogP contribution in [-0.2, 0) is 22.7 Å². The first-order valence-electron chi connectivity index (χ1n) is 13.3. The maximum Gasteiger partial charge on any atom is 0.255 e. The van der Waals surface area contributed by atoms with E-state index in [0.29, 0.717) is 25.2 Å². The van der Waals surface area contributed by atoms with Crippen molar-refractivity contribution in [1.29, 1.82) is 0 Å². The maximum absolute atomic E-state index is 13.4. The van der Waals surface area contributed by atoms with Gasteiger partial charge in [0.2, 0.25) is 11.8 Å². The third kappa shape index (κ3) is 5.99. The summed E-state index contributed by atoms with van der Waals surface area (Å²) < 4.78 is 0.775. The number of carbonyl (C=O) groups excluding carboxylic acids is 3. The van der Waals surface area contributed by atoms with Gasteiger partial charge in [0.1, 0.15) is 6.04 Å². The molecule has 8 nitrogen and oxygen atoms in total. The van der Waals surface area contributed by atoms with Crippen molar-refractivity contribution in [3.8, 4) is 10.4 Å². The van der Waals surface area contributed by atoms with Crippen LogP contribution in [0.3, 0.4) is 0 Å². The zero-order chi connectivity index (χ0) is 28.6. The van der Waals surface area contributed by atoms with Crippen LogP contribution in [0.15, 0.2) is 52.4 Å². The average Bonchev–Trinajstić information content (AvgIpc) is 3.60. The number of benzene rings is 2. The number of thiazole rings is 1. The first-order chi connectivity index (χ1) is 19.0. The molecule has 0 unspecified atom stereocenters. The molecule has 0 bridgehead atoms. The molecule has 5 rings (SSSR count). The van der Waals surface area contributed by atoms with Gasteiger partial charge in [-0.3, -0.25) is 14.4 Å². The number of β-amino-alcohol motifs (C(OH)–C–C–N with tert-alkyl or cyclic N) is 1. The number of hydrogen-bond donors (Lipinski definition) is 2. The van der Waals surface area contributed by atoms with E-state index in [1.807, 2.05) is 68.7 Å². The van der Waals surface area contributed by atoms with Crippen molar-refractivity contribution in [2.75, 3.05) is 13.1 Å². The molecular formula is C30H33BrN4O4S. The highest BCUT2D eigenvalue weighted by Crippen LogP contribution is 2.34. The van der Waals surface area contributed by atoms with Crippen molar-refractivity contribution in [2.45, 2.75) is 58.8 Å². The van der Waals surface area contributed by atoms with Crippen LogP contribution < -0.4 is 5.32 Å². The standard InChI is InChI=1S/C30H33BrN4O4S/c1-18-27(40-17-33-18)20-9-7-19(8-10-20)13-32-28(38)24-11-22(36)15-35(24)25(37)12-30(2,3)16-34-14-21-5-4-6-23(31)26(21)29(34)39/h4-10,17,22,24,36H,11-16H2,1-3H3,(H,32,38)/t22-,24+/m1/s1. The largest absolute Gasteiger partial charge is 0.391 e. The molecule has 2 atom stereocenters. The Labute approximate surface area is 246 Å². The smallest absolute Gasteiger partial charge is 0.255 e. The second-order valence-electron chi connectivity index (χ2n) is 11.4. The Morgan fingerprint density at radius 3 is 2.62 bits per heavy atom. The Morgan fingerprint density at radius 2 is 1.95 bits per heavy atom. The van der Waals surface area contributed by atoms with Gasteiger partial charge in [-0.15, -0.1) is 11.3 Å². The molecule has 1 saturated heterocycles. The van der Waals surface area contributed by atoms with Gasteiger partial charge >= 0.3 is 0 Å². The SMILES string of the molecule is Cc1ncsc1-c1ccc(CNC(=O)[C@@H]2C[C@@H](O)CN2C(=O)CC(C)(C)CN2Cc3cccc(Br)c3C2=O)cc1. The van der Waals surface area contributed by atoms with Gasteiger partial charge in [-0.25, -0.2) is 4.98 Å². The Hall–Kier alpha value is -3.08. The molecule has 1 aromatic heterocycles. The van der Waals surface area contributed by atoms with Gasteiger partial charge in [-0.05, 0) is 51.0 Å². The molecule has 2 aliphatic heterocycles. The van der Waals surface area contributed by atoms with E-state index in [2.05, 4.69) is 26.2 Å². The van der Waals surface area contributed by atoms with E-state index >= 15 is 0 Å². The molecule has 0 aliphatic carbocycles. The van der Waals surface area contributed by atoms with Gasteiger partial charge in [-0.2, -0.15) is 0 Å². The fourth-order valence-electron chi connectivity index (χ4n) is 5.58. The summed E-state index contributed by atoms with van der Waals surface area (Å²) in [4.78, 5) is 48.3. The number of hydrogen-bond acceptors (Lipinski definition) is 6. The molecule has 3 heterocycles. The lowest BCUT2D eigenvalue weighted by Crippen LogP contribution is -2.47. The molecule has 210 valence electrons. The number of nitrogens with one attached hydrogen (secondary N) is 1. The number of amides is 3. The fourth-order valence-corrected chi connectivity index (χ4v) is 6.97. The number of fused-ring (bicyclic) bond motifs is 1. The van der Waals surface area contributed by atoms with Crippen LogP contribution in [0.4, 0.5) is 0 Å². The predicted molar refractivity (Wildman–Crippen MR) is 158 cm³/mol. The lowest BCUT2D eigenvalue weighted by atomic mass is 9.87. The average molecular weight is 626 g/mol. The van der Waals surface area contributed by atoms with Crippen LogP contribution >= 0.6 is 27.3 Å². The second kappa shape index (κ2) is 11.4. The summed E-state index contributed by atoms with van der Waals surface area (Å²) in [5, 5.41) is 13.3. The van der Waals surface area contributed by atoms with Crippen molar-refractivity contribution in [2.24, 2.45) is 5.41 Å². The summed E-state index contributed by atoms with van der Waals surface area (Å²) in [6.45, 7) is 7.25. The van der Waals surface area contributed by atoms with Crippen LogP contribution in [0.25, 0.3) is 10.4 Å². The van der Waals surface area contributed by atoms with Crippen molar-refractivity contribution in [3.05, 3.63) is 74.8 Å². The summed E-state index contributed by atoms with van der Waals surface area (Å²) in [5.74, 6) is -0.525. The number of carbonyl (C=O) groups is 3. The minimum atomic E-state index is -0.753. The summed E-state index contributed by atoms with van der Waals surface area (Å²) in [5.41, 5.74) is 5.97. The Morgan fingerprint density at radius 1 is 1.20 bits per heavy atom. The van der Waals surface area contributed by atoms with E-state index in [-0.39, 0.29) is 37.1 Å². The molecule has 0 radical (unpaired) electrons. The van der Waals surface area contributed by atoms with Crippen molar-refractivity contribution in [3.63, 3.8) is 0 Å². The molecule has 2 aromatic carbocycles. The normalized spacial score (nSPS) is 18.8. The number of nitrogens with zero attached hydrogens (tertiary/aromatic N) is 3. The second-order valence-corrected chi connectivity index (χ2v) is 13.1. The third-order valence-corrected chi connectivity index (χ3v) is 9.18. The van der Waals surface area contributed by atoms with Crippen molar-refractivity contribution in [1.82, 2.24) is 20.1 Å². The number of halogens is 1. The zero-order valence-electron chi connectivity index (χ0n) is 22.8. The predicted octanol–water partition coefficient (Wildman–Crippen LogP) is 4.53. The minimum Gasteiger partial charge on any atom is -0.391 e. The number of rotatable bonds is 8. The first kappa shape index (κ1) is 28.4. The molecule has 0 saturated carbocycles. The lowest BCUT2D eigenvalue weighted by molar-refractivity contribution is -0.140. The quantitative estimate of drug-likeness (QED) is 0.383. The number of aromatic nitrogens is 1. The molecule has 3 amide bonds. The maximum atomic E-state index is 13.4. The molecule has 3 aromatic rings.